The van der Waals surface area contributed by atoms with Crippen molar-refractivity contribution in [2.75, 3.05) is 38.8 Å². The number of methoxy groups -OCH3 is 1. The van der Waals surface area contributed by atoms with Gasteiger partial charge in [-0.2, -0.15) is 0 Å². The minimum Gasteiger partial charge on any atom is -0.458 e. The van der Waals surface area contributed by atoms with Gasteiger partial charge in [0.15, 0.2) is 12.3 Å². The molecule has 18 atom stereocenters. The van der Waals surface area contributed by atoms with Crippen LogP contribution in [0.15, 0.2) is 72.9 Å². The van der Waals surface area contributed by atoms with Crippen LogP contribution >= 0.6 is 21.6 Å². The second-order valence-corrected chi connectivity index (χ2v) is 32.1. The van der Waals surface area contributed by atoms with Gasteiger partial charge < -0.3 is 98.4 Å². The van der Waals surface area contributed by atoms with Crippen molar-refractivity contribution >= 4 is 110 Å². The SMILES string of the molecule is C=C1NC(=O)[C@H]([C@@H](C)CC)NC(=O)[C@@H]2CSSC[C@H](NC(=O)CCC(O)O)C(=O)N[C@H](Cc3ccccc3)C(=O)N[C@H](C)C(=O)N[C@@H](C[C@@H](C)CC)C(=O)N[C@@H](C(=O)NC(Cc3ccccc3)C(=O)N3CCC[C@H]3C(=O)N2)[C@@H](C)OC(=O)[C@H](CO)NC(=O)[C@H]([C@@H](C)OC)N(C)C(=O)C(C(C)C)NC(=O)[C@H](C[C@@H](C)CC)NC1=O. The van der Waals surface area contributed by atoms with Gasteiger partial charge in [-0.25, -0.2) is 4.79 Å². The maximum atomic E-state index is 15.6. The minimum atomic E-state index is -2.04. The highest BCUT2D eigenvalue weighted by atomic mass is 33.1. The van der Waals surface area contributed by atoms with Crippen LogP contribution in [0.4, 0.5) is 0 Å². The van der Waals surface area contributed by atoms with Crippen LogP contribution in [0, 0.1) is 23.7 Å². The Morgan fingerprint density at radius 2 is 1.14 bits per heavy atom. The molecule has 34 nitrogen and oxygen atoms in total. The number of aliphatic hydroxyl groups is 3. The number of ether oxygens (including phenoxy) is 2. The Morgan fingerprint density at radius 1 is 0.602 bits per heavy atom. The van der Waals surface area contributed by atoms with Gasteiger partial charge in [-0.15, -0.1) is 0 Å². The van der Waals surface area contributed by atoms with E-state index in [1.165, 1.54) is 39.8 Å². The zero-order valence-corrected chi connectivity index (χ0v) is 68.3. The number of hydrogen-bond acceptors (Lipinski definition) is 22. The number of cyclic esters (lactones) is 1. The molecular formula is C77H116N14O20S2. The molecule has 3 aliphatic heterocycles. The summed E-state index contributed by atoms with van der Waals surface area (Å²) in [4.78, 5) is 224. The molecule has 0 aliphatic carbocycles. The molecule has 0 aromatic heterocycles. The highest BCUT2D eigenvalue weighted by molar-refractivity contribution is 8.76. The van der Waals surface area contributed by atoms with Crippen molar-refractivity contribution < 1.29 is 96.7 Å². The van der Waals surface area contributed by atoms with Gasteiger partial charge >= 0.3 is 5.97 Å². The number of nitrogens with one attached hydrogen (secondary N) is 12. The summed E-state index contributed by atoms with van der Waals surface area (Å²) in [7, 11) is 4.28. The average molecular weight is 1620 g/mol. The third-order valence-corrected chi connectivity index (χ3v) is 22.8. The number of carbonyl (C=O) groups excluding carboxylic acids is 15. The fraction of sp³-hybridized carbons (Fsp3) is 0.623. The monoisotopic (exact) mass is 1620 g/mol. The second kappa shape index (κ2) is 46.2. The van der Waals surface area contributed by atoms with Gasteiger partial charge in [-0.3, -0.25) is 67.1 Å². The van der Waals surface area contributed by atoms with Gasteiger partial charge in [-0.1, -0.05) is 163 Å². The number of esters is 1. The molecule has 3 aliphatic rings. The topological polar surface area (TPSA) is 486 Å². The maximum Gasteiger partial charge on any atom is 0.331 e. The van der Waals surface area contributed by atoms with Crippen molar-refractivity contribution in [1.29, 1.82) is 0 Å². The fourth-order valence-electron chi connectivity index (χ4n) is 12.7. The molecule has 0 saturated carbocycles. The normalized spacial score (nSPS) is 27.5. The van der Waals surface area contributed by atoms with Crippen LogP contribution < -0.4 is 63.8 Å². The summed E-state index contributed by atoms with van der Waals surface area (Å²) >= 11 is 0. The number of fused-ring (bicyclic) bond motifs is 6. The molecule has 113 heavy (non-hydrogen) atoms. The Bertz CT molecular complexity index is 3640. The molecule has 14 amide bonds. The Kier molecular flexibility index (Phi) is 38.6. The Balaban J connectivity index is 1.80. The van der Waals surface area contributed by atoms with Gasteiger partial charge in [-0.05, 0) is 81.3 Å². The summed E-state index contributed by atoms with van der Waals surface area (Å²) in [5, 5.41) is 61.9. The van der Waals surface area contributed by atoms with Crippen molar-refractivity contribution in [3.05, 3.63) is 84.1 Å². The zero-order chi connectivity index (χ0) is 84.1. The Labute approximate surface area is 667 Å². The van der Waals surface area contributed by atoms with E-state index >= 15 is 24.0 Å². The summed E-state index contributed by atoms with van der Waals surface area (Å²) < 4.78 is 11.5. The van der Waals surface area contributed by atoms with E-state index in [2.05, 4.69) is 70.4 Å². The van der Waals surface area contributed by atoms with Crippen molar-refractivity contribution in [3.63, 3.8) is 0 Å². The lowest BCUT2D eigenvalue weighted by Gasteiger charge is -2.36. The number of rotatable bonds is 20. The van der Waals surface area contributed by atoms with E-state index < -0.39 is 223 Å². The summed E-state index contributed by atoms with van der Waals surface area (Å²) in [5.74, 6) is -17.6. The predicted molar refractivity (Wildman–Crippen MR) is 420 cm³/mol. The number of benzene rings is 2. The molecule has 3 fully saturated rings. The number of hydrogen-bond donors (Lipinski definition) is 15. The van der Waals surface area contributed by atoms with Crippen LogP contribution in [0.3, 0.4) is 0 Å². The molecular weight excluding hydrogens is 1510 g/mol. The summed E-state index contributed by atoms with van der Waals surface area (Å²) in [6.45, 7) is 20.2. The molecule has 2 bridgehead atoms. The molecule has 2 aromatic carbocycles. The summed E-state index contributed by atoms with van der Waals surface area (Å²) in [5.41, 5.74) is 0.424. The lowest BCUT2D eigenvalue weighted by molar-refractivity contribution is -0.158. The van der Waals surface area contributed by atoms with E-state index in [0.29, 0.717) is 24.0 Å². The first-order valence-electron chi connectivity index (χ1n) is 38.4. The van der Waals surface area contributed by atoms with Crippen LogP contribution in [0.25, 0.3) is 0 Å². The minimum absolute atomic E-state index is 0.0106. The maximum absolute atomic E-state index is 15.6. The number of carbonyl (C=O) groups is 15. The van der Waals surface area contributed by atoms with Crippen LogP contribution in [-0.2, 0) is 94.2 Å². The van der Waals surface area contributed by atoms with Gasteiger partial charge in [0.05, 0.1) is 18.4 Å². The molecule has 626 valence electrons. The van der Waals surface area contributed by atoms with Crippen LogP contribution in [0.5, 0.6) is 0 Å². The van der Waals surface area contributed by atoms with E-state index in [4.69, 9.17) is 9.47 Å². The van der Waals surface area contributed by atoms with E-state index in [1.54, 1.807) is 102 Å². The average Bonchev–Trinajstić information content (AvgIpc) is 1.75. The molecule has 36 heteroatoms. The van der Waals surface area contributed by atoms with Crippen molar-refractivity contribution in [2.45, 2.75) is 244 Å². The Hall–Kier alpha value is -9.23. The summed E-state index contributed by atoms with van der Waals surface area (Å²) in [6, 6.07) is -4.02. The fourth-order valence-corrected chi connectivity index (χ4v) is 15.0. The molecule has 3 saturated heterocycles. The second-order valence-electron chi connectivity index (χ2n) is 29.6. The molecule has 2 unspecified atom stereocenters. The molecule has 0 radical (unpaired) electrons. The number of aliphatic hydroxyl groups excluding tert-OH is 2. The largest absolute Gasteiger partial charge is 0.458 e. The molecule has 2 aromatic rings. The van der Waals surface area contributed by atoms with Crippen LogP contribution in [0.1, 0.15) is 145 Å². The van der Waals surface area contributed by atoms with Crippen molar-refractivity contribution in [3.8, 4) is 0 Å². The number of nitrogens with zero attached hydrogens (tertiary/aromatic N) is 2. The van der Waals surface area contributed by atoms with Gasteiger partial charge in [0.1, 0.15) is 78.6 Å². The molecule has 15 N–H and O–H groups in total. The van der Waals surface area contributed by atoms with Crippen molar-refractivity contribution in [1.82, 2.24) is 73.6 Å². The lowest BCUT2D eigenvalue weighted by atomic mass is 9.96. The van der Waals surface area contributed by atoms with Crippen molar-refractivity contribution in [2.24, 2.45) is 23.7 Å². The first kappa shape index (κ1) is 94.4. The van der Waals surface area contributed by atoms with E-state index in [0.717, 1.165) is 26.5 Å². The quantitative estimate of drug-likeness (QED) is 0.0337. The van der Waals surface area contributed by atoms with Gasteiger partial charge in [0.2, 0.25) is 76.8 Å². The third-order valence-electron chi connectivity index (χ3n) is 20.4. The molecule has 0 spiro atoms. The van der Waals surface area contributed by atoms with Gasteiger partial charge in [0.25, 0.3) is 5.91 Å². The number of amides is 14. The standard InChI is InChI=1S/C77H116N14O20S2/c1-15-41(6)33-50-67(99)87-60(40(4)5)76(108)90(13)63(47(12)110-14)74(106)85-54(37-92)77(109)111-46(11)62-73(105)84-53(36-49-27-22-19-23-28-49)75(107)91-32-24-29-57(91)71(103)86-56(70(102)88-61(43(8)17-3)72(104)79-45(10)65(97)81-50)39-113-112-38-55(80-58(93)30-31-59(94)95)69(101)83-52(35-48-25-20-18-21-26-48)66(98)78-44(9)64(96)82-51(68(100)89-62)34-42(7)16-2/h18-23,25-28,40-44,46-47,50-57,59-63,92,94-95H,10,15-17,24,29-39H2,1-9,11-14H3,(H,78,98)(H,79,104)(H,80,93)(H,81,97)(H,82,96)(H,83,101)(H,84,105)(H,85,106)(H,86,103)(H,87,99)(H,88,102)(H,89,100)/t41-,42-,43-,44+,46+,47+,50-,51-,52+,53?,54-,55-,56-,57-,60?,61-,62+,63-/m0/s1. The smallest absolute Gasteiger partial charge is 0.331 e. The Morgan fingerprint density at radius 3 is 1.71 bits per heavy atom. The van der Waals surface area contributed by atoms with Gasteiger partial charge in [0, 0.05) is 57.9 Å². The predicted octanol–water partition coefficient (Wildman–Crippen LogP) is -0.695. The third kappa shape index (κ3) is 28.7. The van der Waals surface area contributed by atoms with Crippen LogP contribution in [-0.4, -0.2) is 250 Å². The van der Waals surface area contributed by atoms with Crippen LogP contribution in [0.2, 0.25) is 0 Å². The van der Waals surface area contributed by atoms with E-state index in [-0.39, 0.29) is 74.8 Å². The molecule has 3 heterocycles. The number of likely N-dealkylation sites (N-methyl/N-ethyl adjacent to an activating group) is 1. The lowest BCUT2D eigenvalue weighted by Crippen LogP contribution is -2.63. The van der Waals surface area contributed by atoms with E-state index in [9.17, 15) is 63.3 Å². The molecule has 5 rings (SSSR count). The summed E-state index contributed by atoms with van der Waals surface area (Å²) in [6.07, 6.45) is -5.11. The first-order chi connectivity index (χ1) is 53.5. The van der Waals surface area contributed by atoms with E-state index in [1.807, 2.05) is 13.8 Å². The first-order valence-corrected chi connectivity index (χ1v) is 40.9. The highest BCUT2D eigenvalue weighted by Gasteiger charge is 2.45. The zero-order valence-electron chi connectivity index (χ0n) is 66.6. The highest BCUT2D eigenvalue weighted by Crippen LogP contribution is 2.27.